The third-order valence-electron chi connectivity index (χ3n) is 1.23. The molecule has 0 aromatic heterocycles. The smallest absolute Gasteiger partial charge is 0.185 e. The summed E-state index contributed by atoms with van der Waals surface area (Å²) in [5.74, 6) is 1.01. The molecule has 0 bridgehead atoms. The average Bonchev–Trinajstić information content (AvgIpc) is 2.33. The quantitative estimate of drug-likeness (QED) is 0.579. The normalized spacial score (nSPS) is 10.4. The Hall–Kier alpha value is -1.58. The van der Waals surface area contributed by atoms with Gasteiger partial charge in [-0.3, -0.25) is 4.98 Å². The maximum absolute atomic E-state index is 5.34. The van der Waals surface area contributed by atoms with E-state index in [4.69, 9.17) is 10.3 Å². The number of nitrogens with zero attached hydrogens (tertiary/aromatic N) is 2. The molecule has 0 aromatic rings. The Bertz CT molecular complexity index is 317. The maximum atomic E-state index is 5.34. The summed E-state index contributed by atoms with van der Waals surface area (Å²) in [7, 11) is 0. The molecular formula is C6H5N3O. The molecule has 0 radical (unpaired) electrons. The van der Waals surface area contributed by atoms with Crippen molar-refractivity contribution in [2.75, 3.05) is 5.73 Å². The van der Waals surface area contributed by atoms with E-state index in [9.17, 15) is 0 Å². The van der Waals surface area contributed by atoms with Crippen LogP contribution in [0.3, 0.4) is 0 Å². The summed E-state index contributed by atoms with van der Waals surface area (Å²) in [4.78, 5) is 3.97. The fourth-order valence-corrected chi connectivity index (χ4v) is 0.788. The van der Waals surface area contributed by atoms with Crippen LogP contribution in [0.25, 0.3) is 11.5 Å². The predicted octanol–water partition coefficient (Wildman–Crippen LogP) is 0.757. The van der Waals surface area contributed by atoms with Crippen LogP contribution in [0, 0.1) is 0 Å². The standard InChI is InChI=1S/C6H5N3O/c7-6-3-4-5(10-9-6)1-2-8-4/h1-3H,(H2,7,9). The molecule has 10 heavy (non-hydrogen) atoms. The molecule has 50 valence electrons. The molecule has 2 N–H and O–H groups in total. The number of hydrogen-bond donors (Lipinski definition) is 1. The molecule has 4 nitrogen and oxygen atoms in total. The summed E-state index contributed by atoms with van der Waals surface area (Å²) in [6.07, 6.45) is 1.65. The van der Waals surface area contributed by atoms with Gasteiger partial charge in [0.1, 0.15) is 5.69 Å². The van der Waals surface area contributed by atoms with Gasteiger partial charge in [-0.1, -0.05) is 5.16 Å². The number of nitrogens with two attached hydrogens (primary N) is 1. The van der Waals surface area contributed by atoms with E-state index >= 15 is 0 Å². The number of rotatable bonds is 0. The largest absolute Gasteiger partial charge is 0.381 e. The van der Waals surface area contributed by atoms with Crippen LogP contribution in [0.4, 0.5) is 5.82 Å². The van der Waals surface area contributed by atoms with E-state index in [0.717, 1.165) is 5.69 Å². The summed E-state index contributed by atoms with van der Waals surface area (Å²) in [6.45, 7) is 0. The predicted molar refractivity (Wildman–Crippen MR) is 35.3 cm³/mol. The molecule has 0 saturated heterocycles. The second-order valence-corrected chi connectivity index (χ2v) is 1.95. The van der Waals surface area contributed by atoms with E-state index in [1.807, 2.05) is 0 Å². The van der Waals surface area contributed by atoms with Crippen LogP contribution < -0.4 is 5.73 Å². The van der Waals surface area contributed by atoms with Gasteiger partial charge in [0, 0.05) is 18.3 Å². The molecule has 2 aliphatic heterocycles. The number of nitrogen functional groups attached to an aromatic ring is 1. The van der Waals surface area contributed by atoms with Crippen molar-refractivity contribution in [3.8, 4) is 11.5 Å². The molecule has 0 fully saturated rings. The molecule has 0 amide bonds. The Balaban J connectivity index is 2.75. The van der Waals surface area contributed by atoms with E-state index in [-0.39, 0.29) is 0 Å². The molecule has 2 aliphatic rings. The van der Waals surface area contributed by atoms with Crippen molar-refractivity contribution < 1.29 is 4.52 Å². The van der Waals surface area contributed by atoms with Crippen molar-refractivity contribution in [2.45, 2.75) is 0 Å². The number of anilines is 1. The van der Waals surface area contributed by atoms with Crippen molar-refractivity contribution in [1.82, 2.24) is 10.1 Å². The van der Waals surface area contributed by atoms with Crippen molar-refractivity contribution in [2.24, 2.45) is 0 Å². The summed E-state index contributed by atoms with van der Waals surface area (Å²) >= 11 is 0. The molecule has 0 aliphatic carbocycles. The lowest BCUT2D eigenvalue weighted by Gasteiger charge is -1.93. The first-order valence-corrected chi connectivity index (χ1v) is 2.83. The van der Waals surface area contributed by atoms with Crippen molar-refractivity contribution in [3.05, 3.63) is 18.3 Å². The first-order valence-electron chi connectivity index (χ1n) is 2.83. The van der Waals surface area contributed by atoms with E-state index in [0.29, 0.717) is 11.6 Å². The lowest BCUT2D eigenvalue weighted by molar-refractivity contribution is 0.418. The molecule has 2 heterocycles. The Morgan fingerprint density at radius 2 is 2.40 bits per heavy atom. The minimum absolute atomic E-state index is 0.353. The highest BCUT2D eigenvalue weighted by atomic mass is 16.5. The molecule has 4 heteroatoms. The minimum atomic E-state index is 0.353. The lowest BCUT2D eigenvalue weighted by atomic mass is 10.3. The minimum Gasteiger partial charge on any atom is -0.381 e. The van der Waals surface area contributed by atoms with Crippen LogP contribution >= 0.6 is 0 Å². The first kappa shape index (κ1) is 5.22. The second-order valence-electron chi connectivity index (χ2n) is 1.95. The van der Waals surface area contributed by atoms with Crippen LogP contribution in [0.5, 0.6) is 0 Å². The highest BCUT2D eigenvalue weighted by Crippen LogP contribution is 2.19. The van der Waals surface area contributed by atoms with Crippen molar-refractivity contribution in [3.63, 3.8) is 0 Å². The first-order chi connectivity index (χ1) is 4.86. The average molecular weight is 135 g/mol. The van der Waals surface area contributed by atoms with Gasteiger partial charge in [0.25, 0.3) is 0 Å². The molecule has 0 unspecified atom stereocenters. The second kappa shape index (κ2) is 1.70. The zero-order valence-corrected chi connectivity index (χ0v) is 5.11. The van der Waals surface area contributed by atoms with Gasteiger partial charge < -0.3 is 10.3 Å². The third-order valence-corrected chi connectivity index (χ3v) is 1.23. The Morgan fingerprint density at radius 3 is 3.30 bits per heavy atom. The Kier molecular flexibility index (Phi) is 0.887. The zero-order chi connectivity index (χ0) is 6.97. The fraction of sp³-hybridized carbons (Fsp3) is 0. The highest BCUT2D eigenvalue weighted by Gasteiger charge is 2.05. The van der Waals surface area contributed by atoms with Gasteiger partial charge in [0.2, 0.25) is 0 Å². The van der Waals surface area contributed by atoms with Gasteiger partial charge in [0.15, 0.2) is 11.6 Å². The van der Waals surface area contributed by atoms with Crippen LogP contribution in [0.15, 0.2) is 22.9 Å². The van der Waals surface area contributed by atoms with Gasteiger partial charge in [-0.2, -0.15) is 0 Å². The van der Waals surface area contributed by atoms with Gasteiger partial charge in [-0.25, -0.2) is 0 Å². The molecule has 0 atom stereocenters. The summed E-state index contributed by atoms with van der Waals surface area (Å²) < 4.78 is 4.84. The molecule has 0 spiro atoms. The maximum Gasteiger partial charge on any atom is 0.185 e. The van der Waals surface area contributed by atoms with E-state index in [2.05, 4.69) is 10.1 Å². The van der Waals surface area contributed by atoms with Gasteiger partial charge in [-0.05, 0) is 0 Å². The van der Waals surface area contributed by atoms with Crippen LogP contribution in [0.1, 0.15) is 0 Å². The van der Waals surface area contributed by atoms with E-state index in [1.54, 1.807) is 18.3 Å². The summed E-state index contributed by atoms with van der Waals surface area (Å²) in [6, 6.07) is 3.40. The number of fused-ring (bicyclic) bond motifs is 1. The van der Waals surface area contributed by atoms with Gasteiger partial charge in [-0.15, -0.1) is 0 Å². The summed E-state index contributed by atoms with van der Waals surface area (Å²) in [5, 5.41) is 3.54. The number of hydrogen-bond acceptors (Lipinski definition) is 4. The Morgan fingerprint density at radius 1 is 1.50 bits per heavy atom. The van der Waals surface area contributed by atoms with Gasteiger partial charge >= 0.3 is 0 Å². The summed E-state index contributed by atoms with van der Waals surface area (Å²) in [5.41, 5.74) is 6.08. The van der Waals surface area contributed by atoms with Crippen LogP contribution in [-0.4, -0.2) is 10.1 Å². The van der Waals surface area contributed by atoms with Gasteiger partial charge in [0.05, 0.1) is 0 Å². The van der Waals surface area contributed by atoms with Crippen molar-refractivity contribution in [1.29, 1.82) is 0 Å². The molecular weight excluding hydrogens is 130 g/mol. The zero-order valence-electron chi connectivity index (χ0n) is 5.11. The van der Waals surface area contributed by atoms with E-state index in [1.165, 1.54) is 0 Å². The SMILES string of the molecule is Nc1cc2nccc-2on1. The monoisotopic (exact) mass is 135 g/mol. The van der Waals surface area contributed by atoms with E-state index < -0.39 is 0 Å². The van der Waals surface area contributed by atoms with Crippen LogP contribution in [0.2, 0.25) is 0 Å². The number of aromatic nitrogens is 2. The third kappa shape index (κ3) is 0.621. The van der Waals surface area contributed by atoms with Crippen LogP contribution in [-0.2, 0) is 0 Å². The molecule has 2 rings (SSSR count). The molecule has 0 saturated carbocycles. The Labute approximate surface area is 57.0 Å². The highest BCUT2D eigenvalue weighted by molar-refractivity contribution is 5.56. The molecule has 0 aromatic carbocycles. The fourth-order valence-electron chi connectivity index (χ4n) is 0.788. The lowest BCUT2D eigenvalue weighted by Crippen LogP contribution is -1.89. The van der Waals surface area contributed by atoms with Crippen molar-refractivity contribution >= 4 is 5.82 Å². The topological polar surface area (TPSA) is 64.9 Å².